The van der Waals surface area contributed by atoms with Gasteiger partial charge in [0.2, 0.25) is 0 Å². The van der Waals surface area contributed by atoms with E-state index in [0.29, 0.717) is 13.2 Å². The van der Waals surface area contributed by atoms with Gasteiger partial charge in [-0.15, -0.1) is 0 Å². The summed E-state index contributed by atoms with van der Waals surface area (Å²) in [5.74, 6) is 7.08. The lowest BCUT2D eigenvalue weighted by molar-refractivity contribution is 0.216. The van der Waals surface area contributed by atoms with Crippen LogP contribution in [-0.4, -0.2) is 24.9 Å². The van der Waals surface area contributed by atoms with E-state index in [9.17, 15) is 0 Å². The third-order valence-corrected chi connectivity index (χ3v) is 2.85. The molecule has 1 N–H and O–H groups in total. The first-order valence-electron chi connectivity index (χ1n) is 6.80. The minimum Gasteiger partial charge on any atom is -0.490 e. The lowest BCUT2D eigenvalue weighted by Crippen LogP contribution is -2.09. The molecule has 3 heteroatoms. The summed E-state index contributed by atoms with van der Waals surface area (Å²) >= 11 is 0. The van der Waals surface area contributed by atoms with E-state index in [-0.39, 0.29) is 6.61 Å². The Kier molecular flexibility index (Phi) is 5.69. The van der Waals surface area contributed by atoms with Gasteiger partial charge in [-0.3, -0.25) is 0 Å². The molecule has 21 heavy (non-hydrogen) atoms. The molecule has 0 aliphatic carbocycles. The van der Waals surface area contributed by atoms with Gasteiger partial charge >= 0.3 is 0 Å². The Hall–Kier alpha value is -2.44. The molecule has 0 heterocycles. The second-order valence-electron chi connectivity index (χ2n) is 4.45. The minimum absolute atomic E-state index is 0.144. The zero-order valence-electron chi connectivity index (χ0n) is 12.0. The van der Waals surface area contributed by atoms with Crippen molar-refractivity contribution in [2.45, 2.75) is 6.92 Å². The lowest BCUT2D eigenvalue weighted by atomic mass is 10.2. The predicted octanol–water partition coefficient (Wildman–Crippen LogP) is 2.80. The Morgan fingerprint density at radius 3 is 2.62 bits per heavy atom. The third-order valence-electron chi connectivity index (χ3n) is 2.85. The molecular weight excluding hydrogens is 264 g/mol. The number of rotatable bonds is 5. The molecule has 0 bridgehead atoms. The first-order valence-corrected chi connectivity index (χ1v) is 6.80. The molecule has 0 amide bonds. The zero-order chi connectivity index (χ0) is 14.9. The van der Waals surface area contributed by atoms with Gasteiger partial charge in [0, 0.05) is 5.56 Å². The number of aliphatic hydroxyl groups excluding tert-OH is 1. The van der Waals surface area contributed by atoms with E-state index in [1.54, 1.807) is 0 Å². The van der Waals surface area contributed by atoms with E-state index in [4.69, 9.17) is 14.6 Å². The monoisotopic (exact) mass is 282 g/mol. The van der Waals surface area contributed by atoms with Gasteiger partial charge in [-0.05, 0) is 36.8 Å². The van der Waals surface area contributed by atoms with Crippen LogP contribution >= 0.6 is 0 Å². The van der Waals surface area contributed by atoms with E-state index in [2.05, 4.69) is 11.8 Å². The van der Waals surface area contributed by atoms with Crippen molar-refractivity contribution < 1.29 is 14.6 Å². The Bertz CT molecular complexity index is 638. The fourth-order valence-electron chi connectivity index (χ4n) is 1.83. The van der Waals surface area contributed by atoms with Gasteiger partial charge in [-0.1, -0.05) is 36.1 Å². The number of aryl methyl sites for hydroxylation is 1. The molecule has 0 unspecified atom stereocenters. The molecule has 3 nitrogen and oxygen atoms in total. The van der Waals surface area contributed by atoms with Gasteiger partial charge in [0.05, 0.1) is 0 Å². The van der Waals surface area contributed by atoms with E-state index < -0.39 is 0 Å². The molecular formula is C18H18O3. The van der Waals surface area contributed by atoms with Gasteiger partial charge in [0.15, 0.2) is 0 Å². The summed E-state index contributed by atoms with van der Waals surface area (Å²) in [7, 11) is 0. The van der Waals surface area contributed by atoms with E-state index >= 15 is 0 Å². The molecule has 0 aliphatic heterocycles. The Morgan fingerprint density at radius 2 is 1.81 bits per heavy atom. The molecule has 0 atom stereocenters. The summed E-state index contributed by atoms with van der Waals surface area (Å²) in [6, 6.07) is 15.4. The number of hydrogen-bond acceptors (Lipinski definition) is 3. The van der Waals surface area contributed by atoms with Crippen molar-refractivity contribution in [3.05, 3.63) is 59.7 Å². The average molecular weight is 282 g/mol. The molecule has 0 aliphatic rings. The topological polar surface area (TPSA) is 38.7 Å². The molecule has 108 valence electrons. The van der Waals surface area contributed by atoms with Crippen molar-refractivity contribution in [2.75, 3.05) is 19.8 Å². The first-order chi connectivity index (χ1) is 10.3. The second kappa shape index (κ2) is 7.98. The van der Waals surface area contributed by atoms with Crippen molar-refractivity contribution in [3.63, 3.8) is 0 Å². The molecule has 0 spiro atoms. The van der Waals surface area contributed by atoms with E-state index in [1.807, 2.05) is 55.5 Å². The molecule has 0 saturated carbocycles. The largest absolute Gasteiger partial charge is 0.490 e. The molecule has 0 fully saturated rings. The summed E-state index contributed by atoms with van der Waals surface area (Å²) in [6.45, 7) is 2.82. The maximum absolute atomic E-state index is 8.68. The predicted molar refractivity (Wildman–Crippen MR) is 82.6 cm³/mol. The SMILES string of the molecule is Cc1ccccc1OCCOc1cccc(C#CCO)c1. The molecule has 2 rings (SSSR count). The highest BCUT2D eigenvalue weighted by molar-refractivity contribution is 5.39. The molecule has 0 radical (unpaired) electrons. The van der Waals surface area contributed by atoms with Crippen LogP contribution in [-0.2, 0) is 0 Å². The van der Waals surface area contributed by atoms with Crippen LogP contribution in [0.3, 0.4) is 0 Å². The van der Waals surface area contributed by atoms with Gasteiger partial charge in [-0.25, -0.2) is 0 Å². The fourth-order valence-corrected chi connectivity index (χ4v) is 1.83. The Balaban J connectivity index is 1.82. The fraction of sp³-hybridized carbons (Fsp3) is 0.222. The van der Waals surface area contributed by atoms with E-state index in [1.165, 1.54) is 0 Å². The van der Waals surface area contributed by atoms with Crippen molar-refractivity contribution in [1.82, 2.24) is 0 Å². The van der Waals surface area contributed by atoms with Crippen LogP contribution in [0.1, 0.15) is 11.1 Å². The van der Waals surface area contributed by atoms with Crippen LogP contribution in [0.2, 0.25) is 0 Å². The molecule has 0 saturated heterocycles. The highest BCUT2D eigenvalue weighted by Gasteiger charge is 1.99. The summed E-state index contributed by atoms with van der Waals surface area (Å²) in [6.07, 6.45) is 0. The van der Waals surface area contributed by atoms with Gasteiger partial charge in [-0.2, -0.15) is 0 Å². The number of hydrogen-bond donors (Lipinski definition) is 1. The van der Waals surface area contributed by atoms with Crippen LogP contribution in [0.25, 0.3) is 0 Å². The van der Waals surface area contributed by atoms with Crippen molar-refractivity contribution >= 4 is 0 Å². The highest BCUT2D eigenvalue weighted by atomic mass is 16.5. The van der Waals surface area contributed by atoms with Gasteiger partial charge < -0.3 is 14.6 Å². The van der Waals surface area contributed by atoms with Crippen LogP contribution < -0.4 is 9.47 Å². The van der Waals surface area contributed by atoms with Crippen LogP contribution in [0, 0.1) is 18.8 Å². The molecule has 2 aromatic rings. The molecule has 2 aromatic carbocycles. The van der Waals surface area contributed by atoms with Gasteiger partial charge in [0.1, 0.15) is 31.3 Å². The van der Waals surface area contributed by atoms with E-state index in [0.717, 1.165) is 22.6 Å². The lowest BCUT2D eigenvalue weighted by Gasteiger charge is -2.10. The summed E-state index contributed by atoms with van der Waals surface area (Å²) in [5, 5.41) is 8.68. The van der Waals surface area contributed by atoms with Crippen molar-refractivity contribution in [2.24, 2.45) is 0 Å². The number of benzene rings is 2. The van der Waals surface area contributed by atoms with Gasteiger partial charge in [0.25, 0.3) is 0 Å². The number of ether oxygens (including phenoxy) is 2. The smallest absolute Gasteiger partial charge is 0.122 e. The van der Waals surface area contributed by atoms with Crippen molar-refractivity contribution in [1.29, 1.82) is 0 Å². The number of para-hydroxylation sites is 1. The van der Waals surface area contributed by atoms with Crippen LogP contribution in [0.5, 0.6) is 11.5 Å². The Morgan fingerprint density at radius 1 is 1.00 bits per heavy atom. The highest BCUT2D eigenvalue weighted by Crippen LogP contribution is 2.16. The Labute approximate surface area is 125 Å². The summed E-state index contributed by atoms with van der Waals surface area (Å²) < 4.78 is 11.3. The van der Waals surface area contributed by atoms with Crippen LogP contribution in [0.4, 0.5) is 0 Å². The first kappa shape index (κ1) is 15.0. The quantitative estimate of drug-likeness (QED) is 0.677. The third kappa shape index (κ3) is 4.87. The maximum Gasteiger partial charge on any atom is 0.122 e. The summed E-state index contributed by atoms with van der Waals surface area (Å²) in [5.41, 5.74) is 1.93. The van der Waals surface area contributed by atoms with Crippen LogP contribution in [0.15, 0.2) is 48.5 Å². The standard InChI is InChI=1S/C18H18O3/c1-15-6-2-3-10-18(15)21-13-12-20-17-9-4-7-16(14-17)8-5-11-19/h2-4,6-7,9-10,14,19H,11-13H2,1H3. The molecule has 0 aromatic heterocycles. The maximum atomic E-state index is 8.68. The van der Waals surface area contributed by atoms with Crippen molar-refractivity contribution in [3.8, 4) is 23.3 Å². The minimum atomic E-state index is -0.144. The second-order valence-corrected chi connectivity index (χ2v) is 4.45. The summed E-state index contributed by atoms with van der Waals surface area (Å²) in [4.78, 5) is 0. The normalized spacial score (nSPS) is 9.62. The zero-order valence-corrected chi connectivity index (χ0v) is 12.0. The number of aliphatic hydroxyl groups is 1. The average Bonchev–Trinajstić information content (AvgIpc) is 2.51.